The van der Waals surface area contributed by atoms with E-state index in [-0.39, 0.29) is 5.28 Å². The summed E-state index contributed by atoms with van der Waals surface area (Å²) in [6.07, 6.45) is -3.55. The Kier molecular flexibility index (Phi) is 3.61. The zero-order chi connectivity index (χ0) is 15.2. The van der Waals surface area contributed by atoms with E-state index in [0.717, 1.165) is 29.1 Å². The Balaban J connectivity index is 2.06. The van der Waals surface area contributed by atoms with Crippen molar-refractivity contribution in [2.24, 2.45) is 0 Å². The third kappa shape index (κ3) is 2.87. The fourth-order valence-electron chi connectivity index (χ4n) is 2.29. The number of hydrogen-bond acceptors (Lipinski definition) is 3. The summed E-state index contributed by atoms with van der Waals surface area (Å²) in [6.45, 7) is 2.07. The second-order valence-electron chi connectivity index (χ2n) is 4.83. The topological polar surface area (TPSA) is 25.8 Å². The van der Waals surface area contributed by atoms with Crippen LogP contribution in [0.1, 0.15) is 18.1 Å². The third-order valence-corrected chi connectivity index (χ3v) is 4.53. The Hall–Kier alpha value is -1.27. The lowest BCUT2D eigenvalue weighted by molar-refractivity contribution is -0.137. The number of aromatic nitrogens is 2. The standard InChI is InChI=1S/C14H10ClF3N2S/c1-7-6-10-11(19-13(15)20-12(10)21-7)8-2-4-9(5-3-8)14(16,17)18/h2-5,7H,6H2,1H3. The van der Waals surface area contributed by atoms with Crippen LogP contribution < -0.4 is 0 Å². The summed E-state index contributed by atoms with van der Waals surface area (Å²) in [5, 5.41) is 1.30. The molecule has 1 aliphatic heterocycles. The molecule has 21 heavy (non-hydrogen) atoms. The van der Waals surface area contributed by atoms with Crippen LogP contribution in [-0.2, 0) is 12.6 Å². The highest BCUT2D eigenvalue weighted by molar-refractivity contribution is 8.00. The van der Waals surface area contributed by atoms with Gasteiger partial charge in [-0.3, -0.25) is 0 Å². The van der Waals surface area contributed by atoms with Crippen LogP contribution in [0, 0.1) is 0 Å². The minimum atomic E-state index is -4.34. The van der Waals surface area contributed by atoms with Crippen molar-refractivity contribution in [3.05, 3.63) is 40.7 Å². The van der Waals surface area contributed by atoms with Gasteiger partial charge in [0.25, 0.3) is 0 Å². The van der Waals surface area contributed by atoms with Gasteiger partial charge < -0.3 is 0 Å². The molecule has 0 fully saturated rings. The fraction of sp³-hybridized carbons (Fsp3) is 0.286. The highest BCUT2D eigenvalue weighted by Gasteiger charge is 2.30. The van der Waals surface area contributed by atoms with E-state index in [4.69, 9.17) is 11.6 Å². The van der Waals surface area contributed by atoms with Crippen molar-refractivity contribution < 1.29 is 13.2 Å². The van der Waals surface area contributed by atoms with Crippen LogP contribution >= 0.6 is 23.4 Å². The van der Waals surface area contributed by atoms with Crippen molar-refractivity contribution in [2.75, 3.05) is 0 Å². The van der Waals surface area contributed by atoms with Gasteiger partial charge >= 0.3 is 6.18 Å². The van der Waals surface area contributed by atoms with E-state index in [9.17, 15) is 13.2 Å². The lowest BCUT2D eigenvalue weighted by Crippen LogP contribution is -2.04. The zero-order valence-corrected chi connectivity index (χ0v) is 12.5. The van der Waals surface area contributed by atoms with Gasteiger partial charge in [0.15, 0.2) is 0 Å². The lowest BCUT2D eigenvalue weighted by atomic mass is 10.0. The summed E-state index contributed by atoms with van der Waals surface area (Å²) in [5.41, 5.74) is 1.52. The smallest absolute Gasteiger partial charge is 0.218 e. The highest BCUT2D eigenvalue weighted by atomic mass is 35.5. The molecular formula is C14H10ClF3N2S. The van der Waals surface area contributed by atoms with Crippen LogP contribution in [0.25, 0.3) is 11.3 Å². The van der Waals surface area contributed by atoms with Crippen molar-refractivity contribution in [1.82, 2.24) is 9.97 Å². The average molecular weight is 331 g/mol. The summed E-state index contributed by atoms with van der Waals surface area (Å²) in [6, 6.07) is 4.97. The van der Waals surface area contributed by atoms with Crippen LogP contribution in [0.3, 0.4) is 0 Å². The molecule has 3 rings (SSSR count). The fourth-order valence-corrected chi connectivity index (χ4v) is 3.61. The van der Waals surface area contributed by atoms with Gasteiger partial charge in [0.2, 0.25) is 5.28 Å². The van der Waals surface area contributed by atoms with Crippen molar-refractivity contribution in [3.63, 3.8) is 0 Å². The molecule has 0 saturated carbocycles. The van der Waals surface area contributed by atoms with Gasteiger partial charge in [-0.15, -0.1) is 11.8 Å². The average Bonchev–Trinajstić information content (AvgIpc) is 2.77. The first-order valence-electron chi connectivity index (χ1n) is 6.25. The summed E-state index contributed by atoms with van der Waals surface area (Å²) in [4.78, 5) is 8.39. The summed E-state index contributed by atoms with van der Waals surface area (Å²) in [5.74, 6) is 0. The van der Waals surface area contributed by atoms with Crippen molar-refractivity contribution in [2.45, 2.75) is 29.8 Å². The van der Waals surface area contributed by atoms with E-state index >= 15 is 0 Å². The van der Waals surface area contributed by atoms with Gasteiger partial charge in [-0.25, -0.2) is 9.97 Å². The normalized spacial score (nSPS) is 17.9. The molecule has 0 aliphatic carbocycles. The molecule has 110 valence electrons. The first-order valence-corrected chi connectivity index (χ1v) is 7.51. The Morgan fingerprint density at radius 3 is 2.48 bits per heavy atom. The van der Waals surface area contributed by atoms with Crippen LogP contribution in [-0.4, -0.2) is 15.2 Å². The molecule has 2 nitrogen and oxygen atoms in total. The Morgan fingerprint density at radius 2 is 1.86 bits per heavy atom. The molecule has 0 amide bonds. The molecule has 0 radical (unpaired) electrons. The van der Waals surface area contributed by atoms with E-state index < -0.39 is 11.7 Å². The molecule has 1 aromatic carbocycles. The molecule has 0 bridgehead atoms. The molecule has 2 heterocycles. The summed E-state index contributed by atoms with van der Waals surface area (Å²) >= 11 is 7.52. The largest absolute Gasteiger partial charge is 0.416 e. The van der Waals surface area contributed by atoms with Crippen LogP contribution in [0.2, 0.25) is 5.28 Å². The highest BCUT2D eigenvalue weighted by Crippen LogP contribution is 2.40. The quantitative estimate of drug-likeness (QED) is 0.552. The second-order valence-corrected chi connectivity index (χ2v) is 6.60. The number of alkyl halides is 3. The number of rotatable bonds is 1. The molecule has 1 aromatic heterocycles. The SMILES string of the molecule is CC1Cc2c(nc(Cl)nc2-c2ccc(C(F)(F)F)cc2)S1. The maximum absolute atomic E-state index is 12.6. The van der Waals surface area contributed by atoms with Crippen LogP contribution in [0.4, 0.5) is 13.2 Å². The molecule has 1 aliphatic rings. The zero-order valence-electron chi connectivity index (χ0n) is 10.9. The second kappa shape index (κ2) is 5.18. The van der Waals surface area contributed by atoms with Crippen molar-refractivity contribution >= 4 is 23.4 Å². The summed E-state index contributed by atoms with van der Waals surface area (Å²) < 4.78 is 37.8. The van der Waals surface area contributed by atoms with Crippen molar-refractivity contribution in [3.8, 4) is 11.3 Å². The maximum Gasteiger partial charge on any atom is 0.416 e. The number of thioether (sulfide) groups is 1. The molecule has 0 spiro atoms. The monoisotopic (exact) mass is 330 g/mol. The van der Waals surface area contributed by atoms with Gasteiger partial charge in [-0.2, -0.15) is 13.2 Å². The van der Waals surface area contributed by atoms with Gasteiger partial charge in [0, 0.05) is 16.4 Å². The van der Waals surface area contributed by atoms with Gasteiger partial charge in [-0.05, 0) is 30.2 Å². The number of benzene rings is 1. The Bertz CT molecular complexity index is 686. The molecule has 1 unspecified atom stereocenters. The number of nitrogens with zero attached hydrogens (tertiary/aromatic N) is 2. The minimum Gasteiger partial charge on any atom is -0.218 e. The third-order valence-electron chi connectivity index (χ3n) is 3.23. The van der Waals surface area contributed by atoms with Gasteiger partial charge in [0.1, 0.15) is 5.03 Å². The number of hydrogen-bond donors (Lipinski definition) is 0. The van der Waals surface area contributed by atoms with Gasteiger partial charge in [0.05, 0.1) is 11.3 Å². The predicted molar refractivity (Wildman–Crippen MR) is 76.5 cm³/mol. The van der Waals surface area contributed by atoms with E-state index in [1.54, 1.807) is 11.8 Å². The van der Waals surface area contributed by atoms with E-state index in [1.807, 2.05) is 0 Å². The van der Waals surface area contributed by atoms with Crippen molar-refractivity contribution in [1.29, 1.82) is 0 Å². The Labute approximate surface area is 128 Å². The number of fused-ring (bicyclic) bond motifs is 1. The van der Waals surface area contributed by atoms with Crippen LogP contribution in [0.5, 0.6) is 0 Å². The van der Waals surface area contributed by atoms with E-state index in [0.29, 0.717) is 16.5 Å². The van der Waals surface area contributed by atoms with E-state index in [1.165, 1.54) is 12.1 Å². The first kappa shape index (κ1) is 14.7. The summed E-state index contributed by atoms with van der Waals surface area (Å²) in [7, 11) is 0. The van der Waals surface area contributed by atoms with Crippen LogP contribution in [0.15, 0.2) is 29.3 Å². The maximum atomic E-state index is 12.6. The number of halogens is 4. The molecule has 1 atom stereocenters. The molecule has 7 heteroatoms. The molecule has 0 saturated heterocycles. The first-order chi connectivity index (χ1) is 9.84. The predicted octanol–water partition coefficient (Wildman–Crippen LogP) is 4.85. The minimum absolute atomic E-state index is 0.116. The Morgan fingerprint density at radius 1 is 1.19 bits per heavy atom. The molecule has 0 N–H and O–H groups in total. The van der Waals surface area contributed by atoms with E-state index in [2.05, 4.69) is 16.9 Å². The lowest BCUT2D eigenvalue weighted by Gasteiger charge is -2.10. The molecular weight excluding hydrogens is 321 g/mol. The molecule has 2 aromatic rings. The van der Waals surface area contributed by atoms with Gasteiger partial charge in [-0.1, -0.05) is 19.1 Å².